The number of nitrogens with zero attached hydrogens (tertiary/aromatic N) is 3. The van der Waals surface area contributed by atoms with E-state index >= 15 is 0 Å². The van der Waals surface area contributed by atoms with Crippen LogP contribution in [0.2, 0.25) is 5.02 Å². The molecule has 2 aliphatic carbocycles. The molecule has 5 heteroatoms. The Hall–Kier alpha value is -17.2. The molecule has 4 nitrogen and oxygen atoms in total. The van der Waals surface area contributed by atoms with Gasteiger partial charge in [0.25, 0.3) is 0 Å². The standard InChI is InChI=1S/C65H44N2.C41H26ClN.C24H19N.CH4/c1-4-20-45(21-5-1)46-36-39-50(40-37-46)66(61-33-17-13-26-52(61)47-22-6-2-7-23-47)62-43-42-51(53-27-10-11-29-56(53)62)48-38-41-55-54-28-12-14-30-57(54)65(60(55)44-48)58-31-15-18-34-63(58)67(49-24-8-3-9-25-49)64-35-19-16-32-59(64)65;42-38-25-24-29(30-14-4-5-16-33(30)38)27-22-23-32-31-15-6-7-17-34(31)41(37(32)26-27)35-18-8-10-20-39(35)43(28-12-2-1-3-13-28)40-21-11-9-19-36(40)41;1-3-9-19(10-4-1)20-15-17-22(18-16-20)25-24-14-8-7-13-23(24)21-11-5-2-6-12-21;/h1-44H;1-26H;1-18,25H;1H4. The van der Waals surface area contributed by atoms with Crippen molar-refractivity contribution in [3.63, 3.8) is 0 Å². The smallest absolute Gasteiger partial charge is 0.0754 e. The summed E-state index contributed by atoms with van der Waals surface area (Å²) in [6.45, 7) is 0. The number of halogens is 1. The third kappa shape index (κ3) is 14.2. The molecule has 26 rings (SSSR count). The number of hydrogen-bond acceptors (Lipinski definition) is 4. The summed E-state index contributed by atoms with van der Waals surface area (Å²) in [5, 5.41) is 8.95. The second kappa shape index (κ2) is 35.5. The van der Waals surface area contributed by atoms with Crippen molar-refractivity contribution in [3.05, 3.63) is 583 Å². The van der Waals surface area contributed by atoms with Gasteiger partial charge in [0, 0.05) is 55.4 Å². The summed E-state index contributed by atoms with van der Waals surface area (Å²) < 4.78 is 0. The van der Waals surface area contributed by atoms with E-state index in [0.29, 0.717) is 0 Å². The molecule has 0 bridgehead atoms. The van der Waals surface area contributed by atoms with Crippen LogP contribution >= 0.6 is 11.6 Å². The van der Waals surface area contributed by atoms with Gasteiger partial charge >= 0.3 is 0 Å². The first kappa shape index (κ1) is 83.2. The molecule has 2 spiro atoms. The predicted octanol–water partition coefficient (Wildman–Crippen LogP) is 36.2. The van der Waals surface area contributed by atoms with Crippen LogP contribution < -0.4 is 20.0 Å². The zero-order chi connectivity index (χ0) is 89.8. The van der Waals surface area contributed by atoms with Crippen LogP contribution in [0.3, 0.4) is 0 Å². The molecule has 0 amide bonds. The molecule has 2 heterocycles. The number of hydrogen-bond donors (Lipinski definition) is 1. The van der Waals surface area contributed by atoms with Crippen LogP contribution in [0.4, 0.5) is 62.6 Å². The molecule has 1 N–H and O–H groups in total. The van der Waals surface area contributed by atoms with Gasteiger partial charge < -0.3 is 20.0 Å². The largest absolute Gasteiger partial charge is 0.355 e. The van der Waals surface area contributed by atoms with E-state index in [1.165, 1.54) is 172 Å². The molecule has 0 saturated carbocycles. The number of rotatable bonds is 13. The normalized spacial score (nSPS) is 12.6. The van der Waals surface area contributed by atoms with E-state index < -0.39 is 10.8 Å². The average molecular weight is 1760 g/mol. The Bertz CT molecular complexity index is 8110. The molecule has 0 fully saturated rings. The average Bonchev–Trinajstić information content (AvgIpc) is 1.50. The van der Waals surface area contributed by atoms with Gasteiger partial charge in [0.15, 0.2) is 0 Å². The minimum atomic E-state index is -0.542. The highest BCUT2D eigenvalue weighted by molar-refractivity contribution is 6.36. The van der Waals surface area contributed by atoms with E-state index in [9.17, 15) is 0 Å². The highest BCUT2D eigenvalue weighted by Crippen LogP contribution is 2.67. The Kier molecular flexibility index (Phi) is 21.7. The van der Waals surface area contributed by atoms with E-state index in [1.54, 1.807) is 0 Å². The maximum atomic E-state index is 6.66. The van der Waals surface area contributed by atoms with Gasteiger partial charge in [-0.1, -0.05) is 444 Å². The van der Waals surface area contributed by atoms with Crippen LogP contribution in [0.1, 0.15) is 51.9 Å². The van der Waals surface area contributed by atoms with Gasteiger partial charge in [-0.05, 0) is 242 Å². The minimum absolute atomic E-state index is 0. The molecule has 22 aromatic carbocycles. The van der Waals surface area contributed by atoms with Crippen LogP contribution in [0.15, 0.2) is 534 Å². The van der Waals surface area contributed by atoms with Crippen LogP contribution in [0.5, 0.6) is 0 Å². The summed E-state index contributed by atoms with van der Waals surface area (Å²) in [7, 11) is 0. The molecule has 644 valence electrons. The lowest BCUT2D eigenvalue weighted by Gasteiger charge is -2.45. The second-order valence-electron chi connectivity index (χ2n) is 35.0. The zero-order valence-corrected chi connectivity index (χ0v) is 74.8. The van der Waals surface area contributed by atoms with Crippen LogP contribution in [0, 0.1) is 0 Å². The maximum absolute atomic E-state index is 6.66. The van der Waals surface area contributed by atoms with Gasteiger partial charge in [0.05, 0.1) is 45.0 Å². The fourth-order valence-electron chi connectivity index (χ4n) is 21.9. The molecule has 0 atom stereocenters. The number of benzene rings is 22. The van der Waals surface area contributed by atoms with Crippen molar-refractivity contribution in [2.24, 2.45) is 0 Å². The summed E-state index contributed by atoms with van der Waals surface area (Å²) in [6.07, 6.45) is 0. The second-order valence-corrected chi connectivity index (χ2v) is 35.4. The fraction of sp³-hybridized carbons (Fsp3) is 0.0229. The minimum Gasteiger partial charge on any atom is -0.355 e. The highest BCUT2D eigenvalue weighted by Gasteiger charge is 2.54. The molecular formula is C131H93ClN4. The Morgan fingerprint density at radius 2 is 0.507 bits per heavy atom. The van der Waals surface area contributed by atoms with Crippen molar-refractivity contribution in [1.82, 2.24) is 0 Å². The molecule has 0 unspecified atom stereocenters. The maximum Gasteiger partial charge on any atom is 0.0754 e. The first-order valence-corrected chi connectivity index (χ1v) is 46.8. The Balaban J connectivity index is 0.000000128. The quantitative estimate of drug-likeness (QED) is 0.124. The van der Waals surface area contributed by atoms with E-state index in [4.69, 9.17) is 11.6 Å². The molecule has 4 aliphatic rings. The lowest BCUT2D eigenvalue weighted by Crippen LogP contribution is -2.36. The lowest BCUT2D eigenvalue weighted by atomic mass is 9.64. The Morgan fingerprint density at radius 3 is 0.971 bits per heavy atom. The van der Waals surface area contributed by atoms with Crippen molar-refractivity contribution in [3.8, 4) is 89.0 Å². The first-order chi connectivity index (χ1) is 66.9. The van der Waals surface area contributed by atoms with Crippen LogP contribution in [-0.2, 0) is 10.8 Å². The Labute approximate surface area is 800 Å². The highest BCUT2D eigenvalue weighted by atomic mass is 35.5. The molecule has 0 radical (unpaired) electrons. The summed E-state index contributed by atoms with van der Waals surface area (Å²) in [6, 6.07) is 193. The number of nitrogens with one attached hydrogen (secondary N) is 1. The lowest BCUT2D eigenvalue weighted by molar-refractivity contribution is 0.753. The summed E-state index contributed by atoms with van der Waals surface area (Å²) in [5.74, 6) is 0. The van der Waals surface area contributed by atoms with Gasteiger partial charge in [-0.3, -0.25) is 0 Å². The fourth-order valence-corrected chi connectivity index (χ4v) is 22.1. The van der Waals surface area contributed by atoms with E-state index in [-0.39, 0.29) is 7.43 Å². The monoisotopic (exact) mass is 1760 g/mol. The van der Waals surface area contributed by atoms with E-state index in [1.807, 2.05) is 18.2 Å². The third-order valence-corrected chi connectivity index (χ3v) is 28.0. The number of anilines is 11. The SMILES string of the molecule is C.Clc1ccc(-c2ccc3c(c2)C2(c4ccccc4-3)c3ccccc3N(c3ccccc3)c3ccccc32)c2ccccc12.c1ccc(-c2ccc(N(c3ccccc3-c3ccccc3)c3ccc(-c4ccc5c(c4)C4(c6ccccc6-5)c5ccccc5N(c5ccccc5)c5ccccc54)c4ccccc34)cc2)cc1.c1ccc(-c2ccc(Nc3ccccc3-c3ccccc3)cc2)cc1. The van der Waals surface area contributed by atoms with Gasteiger partial charge in [-0.15, -0.1) is 0 Å². The van der Waals surface area contributed by atoms with Crippen molar-refractivity contribution in [2.75, 3.05) is 20.0 Å². The summed E-state index contributed by atoms with van der Waals surface area (Å²) >= 11 is 6.66. The molecule has 22 aromatic rings. The van der Waals surface area contributed by atoms with Crippen molar-refractivity contribution >= 4 is 95.7 Å². The van der Waals surface area contributed by atoms with Crippen molar-refractivity contribution in [2.45, 2.75) is 18.3 Å². The molecule has 2 aliphatic heterocycles. The summed E-state index contributed by atoms with van der Waals surface area (Å²) in [5.41, 5.74) is 41.6. The van der Waals surface area contributed by atoms with Crippen LogP contribution in [-0.4, -0.2) is 0 Å². The Morgan fingerprint density at radius 1 is 0.199 bits per heavy atom. The first-order valence-electron chi connectivity index (χ1n) is 46.4. The van der Waals surface area contributed by atoms with Crippen molar-refractivity contribution in [1.29, 1.82) is 0 Å². The van der Waals surface area contributed by atoms with Gasteiger partial charge in [0.2, 0.25) is 0 Å². The predicted molar refractivity (Wildman–Crippen MR) is 574 cm³/mol. The summed E-state index contributed by atoms with van der Waals surface area (Å²) in [4.78, 5) is 7.32. The topological polar surface area (TPSA) is 21.8 Å². The molecule has 0 aromatic heterocycles. The number of fused-ring (bicyclic) bond motifs is 20. The van der Waals surface area contributed by atoms with Gasteiger partial charge in [-0.25, -0.2) is 0 Å². The molecular weight excluding hydrogens is 1660 g/mol. The van der Waals surface area contributed by atoms with Gasteiger partial charge in [-0.2, -0.15) is 0 Å². The number of para-hydroxylation sites is 8. The van der Waals surface area contributed by atoms with Crippen molar-refractivity contribution < 1.29 is 0 Å². The van der Waals surface area contributed by atoms with Gasteiger partial charge in [0.1, 0.15) is 0 Å². The van der Waals surface area contributed by atoms with E-state index in [0.717, 1.165) is 50.2 Å². The van der Waals surface area contributed by atoms with E-state index in [2.05, 4.69) is 536 Å². The molecule has 136 heavy (non-hydrogen) atoms. The molecule has 0 saturated heterocycles. The third-order valence-electron chi connectivity index (χ3n) is 27.7. The van der Waals surface area contributed by atoms with Crippen LogP contribution in [0.25, 0.3) is 111 Å². The zero-order valence-electron chi connectivity index (χ0n) is 74.0.